The van der Waals surface area contributed by atoms with Crippen LogP contribution in [0.2, 0.25) is 5.02 Å². The Hall–Kier alpha value is -1.35. The summed E-state index contributed by atoms with van der Waals surface area (Å²) in [5, 5.41) is 10.5. The lowest BCUT2D eigenvalue weighted by atomic mass is 9.81. The van der Waals surface area contributed by atoms with Crippen LogP contribution in [0.4, 0.5) is 0 Å². The summed E-state index contributed by atoms with van der Waals surface area (Å²) in [5.74, 6) is 0.716. The van der Waals surface area contributed by atoms with E-state index in [-0.39, 0.29) is 6.61 Å². The summed E-state index contributed by atoms with van der Waals surface area (Å²) in [7, 11) is 0. The second-order valence-corrected chi connectivity index (χ2v) is 6.55. The molecule has 1 aliphatic heterocycles. The Labute approximate surface area is 137 Å². The summed E-state index contributed by atoms with van der Waals surface area (Å²) < 4.78 is 0. The molecule has 3 heteroatoms. The van der Waals surface area contributed by atoms with E-state index in [1.54, 1.807) is 0 Å². The lowest BCUT2D eigenvalue weighted by Crippen LogP contribution is -2.40. The first-order valence-electron chi connectivity index (χ1n) is 7.89. The molecule has 2 nitrogen and oxygen atoms in total. The van der Waals surface area contributed by atoms with Crippen LogP contribution in [0.25, 0.3) is 0 Å². The van der Waals surface area contributed by atoms with Crippen LogP contribution in [0, 0.1) is 5.92 Å². The molecule has 1 N–H and O–H groups in total. The van der Waals surface area contributed by atoms with Gasteiger partial charge in [0.15, 0.2) is 0 Å². The first-order chi connectivity index (χ1) is 10.8. The van der Waals surface area contributed by atoms with Gasteiger partial charge in [-0.15, -0.1) is 0 Å². The van der Waals surface area contributed by atoms with Crippen LogP contribution in [-0.4, -0.2) is 29.7 Å². The standard InChI is InChI=1S/C19H22ClNO/c20-18-8-6-16(7-9-18)19-13-21(11-10-17(19)14-22)12-15-4-2-1-3-5-15/h1-9,17,19,22H,10-14H2. The van der Waals surface area contributed by atoms with E-state index in [9.17, 15) is 5.11 Å². The molecule has 2 unspecified atom stereocenters. The van der Waals surface area contributed by atoms with Crippen molar-refractivity contribution in [1.29, 1.82) is 0 Å². The number of benzene rings is 2. The van der Waals surface area contributed by atoms with E-state index < -0.39 is 0 Å². The van der Waals surface area contributed by atoms with Gasteiger partial charge in [0, 0.05) is 30.6 Å². The summed E-state index contributed by atoms with van der Waals surface area (Å²) >= 11 is 6.00. The van der Waals surface area contributed by atoms with E-state index in [4.69, 9.17) is 11.6 Å². The van der Waals surface area contributed by atoms with E-state index in [0.29, 0.717) is 11.8 Å². The molecule has 1 fully saturated rings. The van der Waals surface area contributed by atoms with Gasteiger partial charge < -0.3 is 5.11 Å². The van der Waals surface area contributed by atoms with Crippen molar-refractivity contribution in [2.45, 2.75) is 18.9 Å². The molecule has 116 valence electrons. The van der Waals surface area contributed by atoms with E-state index in [2.05, 4.69) is 47.4 Å². The lowest BCUT2D eigenvalue weighted by Gasteiger charge is -2.38. The first-order valence-corrected chi connectivity index (χ1v) is 8.26. The average molecular weight is 316 g/mol. The predicted octanol–water partition coefficient (Wildman–Crippen LogP) is 3.94. The van der Waals surface area contributed by atoms with Gasteiger partial charge in [-0.1, -0.05) is 54.1 Å². The van der Waals surface area contributed by atoms with Crippen molar-refractivity contribution in [2.75, 3.05) is 19.7 Å². The number of hydrogen-bond donors (Lipinski definition) is 1. The quantitative estimate of drug-likeness (QED) is 0.924. The summed E-state index contributed by atoms with van der Waals surface area (Å²) in [6.07, 6.45) is 1.04. The van der Waals surface area contributed by atoms with E-state index in [1.165, 1.54) is 11.1 Å². The number of likely N-dealkylation sites (tertiary alicyclic amines) is 1. The van der Waals surface area contributed by atoms with Crippen LogP contribution in [0.5, 0.6) is 0 Å². The molecule has 2 atom stereocenters. The van der Waals surface area contributed by atoms with Gasteiger partial charge in [0.1, 0.15) is 0 Å². The van der Waals surface area contributed by atoms with Gasteiger partial charge in [0.2, 0.25) is 0 Å². The number of hydrogen-bond acceptors (Lipinski definition) is 2. The number of rotatable bonds is 4. The Morgan fingerprint density at radius 2 is 1.77 bits per heavy atom. The Kier molecular flexibility index (Phi) is 5.14. The molecule has 22 heavy (non-hydrogen) atoms. The molecular formula is C19H22ClNO. The molecule has 1 saturated heterocycles. The summed E-state index contributed by atoms with van der Waals surface area (Å²) in [4.78, 5) is 2.49. The van der Waals surface area contributed by atoms with Crippen molar-refractivity contribution in [1.82, 2.24) is 4.90 Å². The van der Waals surface area contributed by atoms with Crippen molar-refractivity contribution >= 4 is 11.6 Å². The highest BCUT2D eigenvalue weighted by Crippen LogP contribution is 2.33. The van der Waals surface area contributed by atoms with Crippen LogP contribution in [0.15, 0.2) is 54.6 Å². The minimum atomic E-state index is 0.256. The normalized spacial score (nSPS) is 22.6. The number of halogens is 1. The minimum Gasteiger partial charge on any atom is -0.396 e. The van der Waals surface area contributed by atoms with Crippen LogP contribution in [0.3, 0.4) is 0 Å². The lowest BCUT2D eigenvalue weighted by molar-refractivity contribution is 0.105. The van der Waals surface area contributed by atoms with Gasteiger partial charge >= 0.3 is 0 Å². The SMILES string of the molecule is OCC1CCN(Cc2ccccc2)CC1c1ccc(Cl)cc1. The minimum absolute atomic E-state index is 0.256. The van der Waals surface area contributed by atoms with Crippen LogP contribution in [-0.2, 0) is 6.54 Å². The van der Waals surface area contributed by atoms with Crippen molar-refractivity contribution in [3.8, 4) is 0 Å². The Morgan fingerprint density at radius 3 is 2.45 bits per heavy atom. The fourth-order valence-electron chi connectivity index (χ4n) is 3.36. The maximum absolute atomic E-state index is 9.71. The monoisotopic (exact) mass is 315 g/mol. The third kappa shape index (κ3) is 3.70. The van der Waals surface area contributed by atoms with Crippen molar-refractivity contribution in [3.05, 3.63) is 70.7 Å². The fraction of sp³-hybridized carbons (Fsp3) is 0.368. The number of aliphatic hydroxyl groups is 1. The highest BCUT2D eigenvalue weighted by atomic mass is 35.5. The molecule has 2 aromatic rings. The zero-order chi connectivity index (χ0) is 15.4. The molecule has 0 aliphatic carbocycles. The molecule has 0 radical (unpaired) electrons. The molecule has 2 aromatic carbocycles. The van der Waals surface area contributed by atoms with Gasteiger partial charge in [-0.3, -0.25) is 4.90 Å². The van der Waals surface area contributed by atoms with E-state index >= 15 is 0 Å². The first kappa shape index (κ1) is 15.5. The maximum atomic E-state index is 9.71. The third-order valence-corrected chi connectivity index (χ3v) is 4.87. The van der Waals surface area contributed by atoms with Gasteiger partial charge in [0.25, 0.3) is 0 Å². The zero-order valence-electron chi connectivity index (χ0n) is 12.7. The van der Waals surface area contributed by atoms with Crippen LogP contribution >= 0.6 is 11.6 Å². The van der Waals surface area contributed by atoms with Crippen LogP contribution < -0.4 is 0 Å². The number of aliphatic hydroxyl groups excluding tert-OH is 1. The van der Waals surface area contributed by atoms with Crippen molar-refractivity contribution in [2.24, 2.45) is 5.92 Å². The number of nitrogens with zero attached hydrogens (tertiary/aromatic N) is 1. The Morgan fingerprint density at radius 1 is 1.05 bits per heavy atom. The molecule has 1 aliphatic rings. The largest absolute Gasteiger partial charge is 0.396 e. The fourth-order valence-corrected chi connectivity index (χ4v) is 3.49. The molecule has 1 heterocycles. The van der Waals surface area contributed by atoms with Gasteiger partial charge in [-0.05, 0) is 42.1 Å². The second kappa shape index (κ2) is 7.28. The van der Waals surface area contributed by atoms with Crippen molar-refractivity contribution in [3.63, 3.8) is 0 Å². The maximum Gasteiger partial charge on any atom is 0.0466 e. The molecule has 3 rings (SSSR count). The predicted molar refractivity (Wildman–Crippen MR) is 91.1 cm³/mol. The summed E-state index contributed by atoms with van der Waals surface area (Å²) in [6, 6.07) is 18.7. The smallest absolute Gasteiger partial charge is 0.0466 e. The highest BCUT2D eigenvalue weighted by Gasteiger charge is 2.29. The molecule has 0 aromatic heterocycles. The summed E-state index contributed by atoms with van der Waals surface area (Å²) in [5.41, 5.74) is 2.63. The van der Waals surface area contributed by atoms with Crippen LogP contribution in [0.1, 0.15) is 23.5 Å². The molecular weight excluding hydrogens is 294 g/mol. The molecule has 0 amide bonds. The van der Waals surface area contributed by atoms with Gasteiger partial charge in [-0.2, -0.15) is 0 Å². The third-order valence-electron chi connectivity index (χ3n) is 4.62. The van der Waals surface area contributed by atoms with Gasteiger partial charge in [0.05, 0.1) is 0 Å². The van der Waals surface area contributed by atoms with E-state index in [1.807, 2.05) is 12.1 Å². The molecule has 0 spiro atoms. The molecule has 0 bridgehead atoms. The Bertz CT molecular complexity index is 584. The van der Waals surface area contributed by atoms with E-state index in [0.717, 1.165) is 31.1 Å². The van der Waals surface area contributed by atoms with Gasteiger partial charge in [-0.25, -0.2) is 0 Å². The van der Waals surface area contributed by atoms with Crippen molar-refractivity contribution < 1.29 is 5.11 Å². The topological polar surface area (TPSA) is 23.5 Å². The number of piperidine rings is 1. The zero-order valence-corrected chi connectivity index (χ0v) is 13.4. The average Bonchev–Trinajstić information content (AvgIpc) is 2.56. The Balaban J connectivity index is 1.73. The highest BCUT2D eigenvalue weighted by molar-refractivity contribution is 6.30. The summed E-state index contributed by atoms with van der Waals surface area (Å²) in [6.45, 7) is 3.27. The second-order valence-electron chi connectivity index (χ2n) is 6.11. The molecule has 0 saturated carbocycles.